The smallest absolute Gasteiger partial charge is 0.303 e. The molecular formula is C30H46O3. The van der Waals surface area contributed by atoms with Crippen molar-refractivity contribution in [2.24, 2.45) is 46.3 Å². The van der Waals surface area contributed by atoms with Crippen molar-refractivity contribution in [2.45, 2.75) is 92.1 Å². The van der Waals surface area contributed by atoms with E-state index in [1.807, 2.05) is 13.8 Å². The van der Waals surface area contributed by atoms with Crippen LogP contribution in [-0.2, 0) is 9.53 Å². The van der Waals surface area contributed by atoms with Gasteiger partial charge >= 0.3 is 5.97 Å². The fourth-order valence-corrected chi connectivity index (χ4v) is 7.85. The van der Waals surface area contributed by atoms with Crippen molar-refractivity contribution >= 4 is 5.97 Å². The van der Waals surface area contributed by atoms with Crippen molar-refractivity contribution in [2.75, 3.05) is 6.61 Å². The van der Waals surface area contributed by atoms with Crippen molar-refractivity contribution in [3.05, 3.63) is 36.0 Å². The summed E-state index contributed by atoms with van der Waals surface area (Å²) < 4.78 is 5.56. The van der Waals surface area contributed by atoms with E-state index in [9.17, 15) is 9.90 Å². The summed E-state index contributed by atoms with van der Waals surface area (Å²) in [6, 6.07) is 0. The minimum atomic E-state index is -0.487. The fourth-order valence-electron chi connectivity index (χ4n) is 7.85. The van der Waals surface area contributed by atoms with E-state index in [2.05, 4.69) is 51.2 Å². The van der Waals surface area contributed by atoms with Crippen molar-refractivity contribution < 1.29 is 14.6 Å². The molecule has 0 heterocycles. The minimum absolute atomic E-state index is 0.172. The van der Waals surface area contributed by atoms with Gasteiger partial charge in [0.05, 0.1) is 6.61 Å². The lowest BCUT2D eigenvalue weighted by Crippen LogP contribution is -2.36. The molecule has 0 spiro atoms. The van der Waals surface area contributed by atoms with E-state index >= 15 is 0 Å². The Morgan fingerprint density at radius 1 is 1.30 bits per heavy atom. The van der Waals surface area contributed by atoms with Crippen molar-refractivity contribution in [1.29, 1.82) is 0 Å². The molecule has 4 aliphatic rings. The summed E-state index contributed by atoms with van der Waals surface area (Å²) in [5.74, 6) is 2.89. The van der Waals surface area contributed by atoms with Gasteiger partial charge in [0.1, 0.15) is 5.60 Å². The van der Waals surface area contributed by atoms with Crippen LogP contribution in [0.2, 0.25) is 0 Å². The van der Waals surface area contributed by atoms with E-state index in [1.165, 1.54) is 51.9 Å². The normalized spacial score (nSPS) is 39.4. The van der Waals surface area contributed by atoms with Gasteiger partial charge < -0.3 is 9.84 Å². The number of esters is 1. The number of fused-ring (bicyclic) bond motifs is 2. The third-order valence-corrected chi connectivity index (χ3v) is 10.2. The largest absolute Gasteiger partial charge is 0.459 e. The van der Waals surface area contributed by atoms with Crippen LogP contribution in [0.25, 0.3) is 0 Å². The van der Waals surface area contributed by atoms with Crippen LogP contribution in [-0.4, -0.2) is 23.3 Å². The predicted octanol–water partition coefficient (Wildman–Crippen LogP) is 6.87. The average Bonchev–Trinajstić information content (AvgIpc) is 3.10. The number of rotatable bonds is 8. The highest BCUT2D eigenvalue weighted by Gasteiger charge is 2.58. The lowest BCUT2D eigenvalue weighted by molar-refractivity contribution is -0.156. The maximum Gasteiger partial charge on any atom is 0.303 e. The molecule has 3 heteroatoms. The highest BCUT2D eigenvalue weighted by atomic mass is 16.6. The lowest BCUT2D eigenvalue weighted by atomic mass is 9.60. The van der Waals surface area contributed by atoms with Crippen LogP contribution in [0.3, 0.4) is 0 Å². The number of carbonyl (C=O) groups is 1. The molecule has 0 aromatic heterocycles. The van der Waals surface area contributed by atoms with Gasteiger partial charge in [-0.15, -0.1) is 0 Å². The van der Waals surface area contributed by atoms with Crippen molar-refractivity contribution in [3.8, 4) is 0 Å². The molecule has 3 nitrogen and oxygen atoms in total. The summed E-state index contributed by atoms with van der Waals surface area (Å²) in [5, 5.41) is 10.3. The standard InChI is InChI=1S/C30H46O3/c1-20(11-12-21(2)28(4,5)33-22(3)32)26-13-14-27-23(9-7-15-29(26,27)6)17-25(19-31)30-16-8-10-24(30)18-30/h8,11-12,16-17,20-21,24-27,31H,7,9-10,13-15,18-19H2,1-6H3/t20-,21+,24-,25+,26-,27+,29-,30-/m1/s1. The first-order valence-electron chi connectivity index (χ1n) is 13.4. The molecular weight excluding hydrogens is 408 g/mol. The highest BCUT2D eigenvalue weighted by Crippen LogP contribution is 2.65. The maximum absolute atomic E-state index is 11.5. The average molecular weight is 455 g/mol. The van der Waals surface area contributed by atoms with E-state index in [-0.39, 0.29) is 23.9 Å². The third-order valence-electron chi connectivity index (χ3n) is 10.2. The number of aliphatic hydroxyl groups excluding tert-OH is 1. The van der Waals surface area contributed by atoms with E-state index in [0.717, 1.165) is 5.92 Å². The number of allylic oxidation sites excluding steroid dienone is 4. The molecule has 4 aliphatic carbocycles. The van der Waals surface area contributed by atoms with Crippen LogP contribution >= 0.6 is 0 Å². The maximum atomic E-state index is 11.5. The Bertz CT molecular complexity index is 835. The Hall–Kier alpha value is -1.35. The number of hydrogen-bond acceptors (Lipinski definition) is 3. The first kappa shape index (κ1) is 24.8. The molecule has 1 N–H and O–H groups in total. The summed E-state index contributed by atoms with van der Waals surface area (Å²) in [6.07, 6.45) is 20.8. The SMILES string of the molecule is CC(=O)OC(C)(C)[C@@H](C)C=C[C@@H](C)[C@H]1CC[C@H]2C(=C[C@@H](CO)[C@@]34C=CC[C@@H]3C4)CCC[C@]12C. The minimum Gasteiger partial charge on any atom is -0.459 e. The van der Waals surface area contributed by atoms with Gasteiger partial charge in [0.15, 0.2) is 0 Å². The molecule has 33 heavy (non-hydrogen) atoms. The van der Waals surface area contributed by atoms with Gasteiger partial charge in [-0.1, -0.05) is 56.7 Å². The van der Waals surface area contributed by atoms with Gasteiger partial charge in [0.2, 0.25) is 0 Å². The van der Waals surface area contributed by atoms with Crippen LogP contribution in [0.4, 0.5) is 0 Å². The number of carbonyl (C=O) groups excluding carboxylic acids is 1. The molecule has 0 bridgehead atoms. The zero-order valence-corrected chi connectivity index (χ0v) is 21.8. The van der Waals surface area contributed by atoms with E-state index in [0.29, 0.717) is 29.1 Å². The molecule has 0 aliphatic heterocycles. The summed E-state index contributed by atoms with van der Waals surface area (Å²) in [4.78, 5) is 11.5. The number of ether oxygens (including phenoxy) is 1. The van der Waals surface area contributed by atoms with Crippen LogP contribution in [0, 0.1) is 46.3 Å². The Balaban J connectivity index is 1.47. The van der Waals surface area contributed by atoms with Gasteiger partial charge in [-0.2, -0.15) is 0 Å². The zero-order chi connectivity index (χ0) is 24.0. The quantitative estimate of drug-likeness (QED) is 0.321. The van der Waals surface area contributed by atoms with Gasteiger partial charge in [-0.3, -0.25) is 4.79 Å². The van der Waals surface area contributed by atoms with Crippen molar-refractivity contribution in [3.63, 3.8) is 0 Å². The number of aliphatic hydroxyl groups is 1. The fraction of sp³-hybridized carbons (Fsp3) is 0.767. The monoisotopic (exact) mass is 454 g/mol. The Morgan fingerprint density at radius 3 is 2.67 bits per heavy atom. The Morgan fingerprint density at radius 2 is 2.06 bits per heavy atom. The molecule has 4 rings (SSSR count). The van der Waals surface area contributed by atoms with Gasteiger partial charge in [-0.25, -0.2) is 0 Å². The molecule has 8 atom stereocenters. The summed E-state index contributed by atoms with van der Waals surface area (Å²) >= 11 is 0. The second-order valence-corrected chi connectivity index (χ2v) is 12.5. The van der Waals surface area contributed by atoms with E-state index in [1.54, 1.807) is 5.57 Å². The summed E-state index contributed by atoms with van der Waals surface area (Å²) in [6.45, 7) is 12.8. The second-order valence-electron chi connectivity index (χ2n) is 12.5. The van der Waals surface area contributed by atoms with Crippen LogP contribution < -0.4 is 0 Å². The molecule has 0 saturated heterocycles. The van der Waals surface area contributed by atoms with Crippen LogP contribution in [0.15, 0.2) is 36.0 Å². The zero-order valence-electron chi connectivity index (χ0n) is 21.8. The highest BCUT2D eigenvalue weighted by molar-refractivity contribution is 5.66. The lowest BCUT2D eigenvalue weighted by Gasteiger charge is -2.44. The third kappa shape index (κ3) is 4.51. The molecule has 184 valence electrons. The van der Waals surface area contributed by atoms with Gasteiger partial charge in [0.25, 0.3) is 0 Å². The summed E-state index contributed by atoms with van der Waals surface area (Å²) in [5.41, 5.74) is 1.77. The molecule has 0 aromatic carbocycles. The predicted molar refractivity (Wildman–Crippen MR) is 134 cm³/mol. The second kappa shape index (κ2) is 9.02. The van der Waals surface area contributed by atoms with E-state index in [4.69, 9.17) is 4.74 Å². The summed E-state index contributed by atoms with van der Waals surface area (Å²) in [7, 11) is 0. The van der Waals surface area contributed by atoms with E-state index < -0.39 is 5.60 Å². The molecule has 0 aromatic rings. The van der Waals surface area contributed by atoms with Crippen molar-refractivity contribution in [1.82, 2.24) is 0 Å². The molecule has 3 fully saturated rings. The topological polar surface area (TPSA) is 46.5 Å². The molecule has 0 amide bonds. The van der Waals surface area contributed by atoms with Gasteiger partial charge in [0, 0.05) is 24.2 Å². The first-order valence-corrected chi connectivity index (χ1v) is 13.4. The Kier molecular flexibility index (Phi) is 6.77. The molecule has 3 saturated carbocycles. The number of hydrogen-bond donors (Lipinski definition) is 1. The first-order chi connectivity index (χ1) is 15.5. The van der Waals surface area contributed by atoms with Crippen LogP contribution in [0.1, 0.15) is 86.5 Å². The Labute approximate surface area is 201 Å². The van der Waals surface area contributed by atoms with Crippen LogP contribution in [0.5, 0.6) is 0 Å². The molecule has 0 radical (unpaired) electrons. The molecule has 0 unspecified atom stereocenters. The van der Waals surface area contributed by atoms with Gasteiger partial charge in [-0.05, 0) is 87.9 Å².